The van der Waals surface area contributed by atoms with Crippen LogP contribution in [0, 0.1) is 0 Å². The van der Waals surface area contributed by atoms with E-state index in [4.69, 9.17) is 21.1 Å². The summed E-state index contributed by atoms with van der Waals surface area (Å²) in [5.74, 6) is -5.49. The Bertz CT molecular complexity index is 596. The molecule has 0 saturated carbocycles. The summed E-state index contributed by atoms with van der Waals surface area (Å²) in [5, 5.41) is 42.4. The van der Waals surface area contributed by atoms with Gasteiger partial charge in [-0.25, -0.2) is 4.79 Å². The van der Waals surface area contributed by atoms with Crippen LogP contribution in [0.3, 0.4) is 0 Å². The minimum absolute atomic E-state index is 0.365. The zero-order valence-electron chi connectivity index (χ0n) is 15.4. The standard InChI is InChI=1S/C15H26N4O9/c1-6(17-13(25)8(16)5-20)12(24)18-9(3-4-10(22)23)14(26)19-11(7(2)21)15(27)28/h6-9,11,20-21H,3-5,16H2,1-2H3,(H,17,25)(H,18,24)(H,19,26)(H,22,23)(H,27,28). The molecule has 0 saturated heterocycles. The zero-order chi connectivity index (χ0) is 22.0. The number of hydrogen-bond donors (Lipinski definition) is 8. The highest BCUT2D eigenvalue weighted by molar-refractivity contribution is 5.94. The van der Waals surface area contributed by atoms with Gasteiger partial charge in [0.1, 0.15) is 18.1 Å². The Balaban J connectivity index is 5.15. The van der Waals surface area contributed by atoms with Gasteiger partial charge in [0, 0.05) is 6.42 Å². The van der Waals surface area contributed by atoms with E-state index in [-0.39, 0.29) is 6.42 Å². The van der Waals surface area contributed by atoms with Crippen LogP contribution in [0.15, 0.2) is 0 Å². The van der Waals surface area contributed by atoms with E-state index < -0.39 is 73.0 Å². The van der Waals surface area contributed by atoms with Gasteiger partial charge in [-0.05, 0) is 20.3 Å². The van der Waals surface area contributed by atoms with Crippen molar-refractivity contribution >= 4 is 29.7 Å². The fraction of sp³-hybridized carbons (Fsp3) is 0.667. The number of nitrogens with one attached hydrogen (secondary N) is 3. The first-order valence-corrected chi connectivity index (χ1v) is 8.30. The molecule has 0 rings (SSSR count). The summed E-state index contributed by atoms with van der Waals surface area (Å²) in [6.07, 6.45) is -2.33. The van der Waals surface area contributed by atoms with Crippen LogP contribution < -0.4 is 21.7 Å². The molecular weight excluding hydrogens is 380 g/mol. The summed E-state index contributed by atoms with van der Waals surface area (Å²) in [7, 11) is 0. The number of carboxylic acid groups (broad SMARTS) is 2. The fourth-order valence-corrected chi connectivity index (χ4v) is 1.94. The predicted octanol–water partition coefficient (Wildman–Crippen LogP) is -3.89. The monoisotopic (exact) mass is 406 g/mol. The molecule has 3 amide bonds. The summed E-state index contributed by atoms with van der Waals surface area (Å²) >= 11 is 0. The molecular formula is C15H26N4O9. The highest BCUT2D eigenvalue weighted by Gasteiger charge is 2.31. The second kappa shape index (κ2) is 11.8. The van der Waals surface area contributed by atoms with Crippen LogP contribution in [0.1, 0.15) is 26.7 Å². The first-order chi connectivity index (χ1) is 12.9. The van der Waals surface area contributed by atoms with Crippen molar-refractivity contribution in [3.63, 3.8) is 0 Å². The molecule has 0 aliphatic carbocycles. The minimum atomic E-state index is -1.67. The average Bonchev–Trinajstić information content (AvgIpc) is 2.60. The van der Waals surface area contributed by atoms with Crippen LogP contribution >= 0.6 is 0 Å². The topological polar surface area (TPSA) is 228 Å². The predicted molar refractivity (Wildman–Crippen MR) is 92.7 cm³/mol. The molecule has 13 nitrogen and oxygen atoms in total. The van der Waals surface area contributed by atoms with Crippen molar-refractivity contribution in [1.29, 1.82) is 0 Å². The Kier molecular flexibility index (Phi) is 10.7. The van der Waals surface area contributed by atoms with Gasteiger partial charge in [-0.15, -0.1) is 0 Å². The third kappa shape index (κ3) is 8.75. The van der Waals surface area contributed by atoms with Gasteiger partial charge in [0.2, 0.25) is 17.7 Å². The summed E-state index contributed by atoms with van der Waals surface area (Å²) in [6.45, 7) is 1.74. The van der Waals surface area contributed by atoms with Crippen LogP contribution in [-0.4, -0.2) is 87.0 Å². The average molecular weight is 406 g/mol. The van der Waals surface area contributed by atoms with E-state index in [0.29, 0.717) is 0 Å². The lowest BCUT2D eigenvalue weighted by Crippen LogP contribution is -2.58. The number of nitrogens with two attached hydrogens (primary N) is 1. The number of carbonyl (C=O) groups is 5. The molecule has 0 heterocycles. The maximum absolute atomic E-state index is 12.3. The zero-order valence-corrected chi connectivity index (χ0v) is 15.4. The summed E-state index contributed by atoms with van der Waals surface area (Å²) in [5.41, 5.74) is 5.30. The third-order valence-electron chi connectivity index (χ3n) is 3.61. The number of carboxylic acids is 2. The molecule has 0 radical (unpaired) electrons. The molecule has 0 fully saturated rings. The molecule has 0 aliphatic rings. The van der Waals surface area contributed by atoms with Gasteiger partial charge in [0.15, 0.2) is 6.04 Å². The quantitative estimate of drug-likeness (QED) is 0.157. The van der Waals surface area contributed by atoms with Crippen molar-refractivity contribution in [2.24, 2.45) is 5.73 Å². The molecule has 13 heteroatoms. The van der Waals surface area contributed by atoms with Gasteiger partial charge in [-0.1, -0.05) is 0 Å². The highest BCUT2D eigenvalue weighted by Crippen LogP contribution is 2.02. The van der Waals surface area contributed by atoms with E-state index in [0.717, 1.165) is 6.92 Å². The molecule has 160 valence electrons. The maximum atomic E-state index is 12.3. The van der Waals surface area contributed by atoms with Gasteiger partial charge in [-0.2, -0.15) is 0 Å². The van der Waals surface area contributed by atoms with E-state index in [1.807, 2.05) is 5.32 Å². The molecule has 0 aliphatic heterocycles. The van der Waals surface area contributed by atoms with E-state index in [9.17, 15) is 29.1 Å². The van der Waals surface area contributed by atoms with Crippen molar-refractivity contribution in [1.82, 2.24) is 16.0 Å². The molecule has 0 aromatic heterocycles. The van der Waals surface area contributed by atoms with Gasteiger partial charge in [0.25, 0.3) is 0 Å². The fourth-order valence-electron chi connectivity index (χ4n) is 1.94. The Morgan fingerprint density at radius 2 is 1.50 bits per heavy atom. The van der Waals surface area contributed by atoms with Crippen LogP contribution in [0.2, 0.25) is 0 Å². The Morgan fingerprint density at radius 1 is 0.929 bits per heavy atom. The van der Waals surface area contributed by atoms with E-state index in [2.05, 4.69) is 10.6 Å². The number of amides is 3. The number of aliphatic hydroxyl groups is 2. The summed E-state index contributed by atoms with van der Waals surface area (Å²) in [4.78, 5) is 57.9. The number of hydrogen-bond acceptors (Lipinski definition) is 8. The van der Waals surface area contributed by atoms with Crippen LogP contribution in [-0.2, 0) is 24.0 Å². The molecule has 9 N–H and O–H groups in total. The molecule has 0 bridgehead atoms. The van der Waals surface area contributed by atoms with Crippen LogP contribution in [0.5, 0.6) is 0 Å². The van der Waals surface area contributed by atoms with E-state index in [1.165, 1.54) is 6.92 Å². The number of aliphatic carboxylic acids is 2. The van der Waals surface area contributed by atoms with Crippen molar-refractivity contribution < 1.29 is 44.4 Å². The Morgan fingerprint density at radius 3 is 1.93 bits per heavy atom. The van der Waals surface area contributed by atoms with Gasteiger partial charge in [0.05, 0.1) is 12.7 Å². The summed E-state index contributed by atoms with van der Waals surface area (Å²) < 4.78 is 0. The minimum Gasteiger partial charge on any atom is -0.481 e. The normalized spacial score (nSPS) is 16.0. The van der Waals surface area contributed by atoms with Crippen molar-refractivity contribution in [3.05, 3.63) is 0 Å². The highest BCUT2D eigenvalue weighted by atomic mass is 16.4. The Hall–Kier alpha value is -2.77. The lowest BCUT2D eigenvalue weighted by molar-refractivity contribution is -0.145. The van der Waals surface area contributed by atoms with Gasteiger partial charge < -0.3 is 42.1 Å². The Labute approximate surface area is 160 Å². The van der Waals surface area contributed by atoms with Crippen molar-refractivity contribution in [2.75, 3.05) is 6.61 Å². The SMILES string of the molecule is CC(NC(=O)C(N)CO)C(=O)NC(CCC(=O)O)C(=O)NC(C(=O)O)C(C)O. The largest absolute Gasteiger partial charge is 0.481 e. The first-order valence-electron chi connectivity index (χ1n) is 8.30. The van der Waals surface area contributed by atoms with Crippen LogP contribution in [0.25, 0.3) is 0 Å². The summed E-state index contributed by atoms with van der Waals surface area (Å²) in [6, 6.07) is -5.55. The maximum Gasteiger partial charge on any atom is 0.328 e. The number of carbonyl (C=O) groups excluding carboxylic acids is 3. The smallest absolute Gasteiger partial charge is 0.328 e. The molecule has 5 atom stereocenters. The second-order valence-electron chi connectivity index (χ2n) is 6.08. The van der Waals surface area contributed by atoms with Gasteiger partial charge in [-0.3, -0.25) is 19.2 Å². The first kappa shape index (κ1) is 25.2. The van der Waals surface area contributed by atoms with Crippen molar-refractivity contribution in [3.8, 4) is 0 Å². The third-order valence-corrected chi connectivity index (χ3v) is 3.61. The lowest BCUT2D eigenvalue weighted by Gasteiger charge is -2.24. The molecule has 0 spiro atoms. The molecule has 5 unspecified atom stereocenters. The van der Waals surface area contributed by atoms with Gasteiger partial charge >= 0.3 is 11.9 Å². The van der Waals surface area contributed by atoms with E-state index in [1.54, 1.807) is 0 Å². The molecule has 0 aromatic carbocycles. The second-order valence-corrected chi connectivity index (χ2v) is 6.08. The number of aliphatic hydroxyl groups excluding tert-OH is 2. The van der Waals surface area contributed by atoms with E-state index >= 15 is 0 Å². The van der Waals surface area contributed by atoms with Crippen molar-refractivity contribution in [2.45, 2.75) is 57.0 Å². The molecule has 0 aromatic rings. The lowest BCUT2D eigenvalue weighted by atomic mass is 10.1. The molecule has 28 heavy (non-hydrogen) atoms. The van der Waals surface area contributed by atoms with Crippen LogP contribution in [0.4, 0.5) is 0 Å². The number of rotatable bonds is 12.